The standard InChI is InChI=1S/C20H26ClN3O3.HI/c1-22-20(24-12-13-27-17-7-5-4-6-16(17)21)23-11-10-15-8-9-18(25-2)19(14-15)26-3;/h4-9,14H,10-13H2,1-3H3,(H2,22,23,24);1H. The Balaban J connectivity index is 0.00000392. The highest BCUT2D eigenvalue weighted by Gasteiger charge is 2.05. The third kappa shape index (κ3) is 7.63. The Bertz CT molecular complexity index is 759. The SMILES string of the molecule is CN=C(NCCOc1ccccc1Cl)NCCc1ccc(OC)c(OC)c1.I. The van der Waals surface area contributed by atoms with Crippen molar-refractivity contribution in [1.29, 1.82) is 0 Å². The van der Waals surface area contributed by atoms with Crippen LogP contribution >= 0.6 is 35.6 Å². The minimum absolute atomic E-state index is 0. The summed E-state index contributed by atoms with van der Waals surface area (Å²) >= 11 is 6.06. The molecule has 0 aromatic heterocycles. The van der Waals surface area contributed by atoms with Gasteiger partial charge in [-0.1, -0.05) is 29.8 Å². The maximum Gasteiger partial charge on any atom is 0.191 e. The molecule has 6 nitrogen and oxygen atoms in total. The van der Waals surface area contributed by atoms with Crippen molar-refractivity contribution in [3.8, 4) is 17.2 Å². The summed E-state index contributed by atoms with van der Waals surface area (Å²) in [7, 11) is 5.00. The van der Waals surface area contributed by atoms with Crippen LogP contribution in [0.1, 0.15) is 5.56 Å². The van der Waals surface area contributed by atoms with Crippen molar-refractivity contribution >= 4 is 41.5 Å². The lowest BCUT2D eigenvalue weighted by Crippen LogP contribution is -2.40. The maximum absolute atomic E-state index is 6.06. The van der Waals surface area contributed by atoms with Crippen LogP contribution in [-0.4, -0.2) is 46.9 Å². The predicted octanol–water partition coefficient (Wildman–Crippen LogP) is 3.76. The smallest absolute Gasteiger partial charge is 0.191 e. The summed E-state index contributed by atoms with van der Waals surface area (Å²) in [5.74, 6) is 2.86. The minimum atomic E-state index is 0. The first-order chi connectivity index (χ1) is 13.2. The fourth-order valence-electron chi connectivity index (χ4n) is 2.47. The van der Waals surface area contributed by atoms with Gasteiger partial charge in [0.1, 0.15) is 12.4 Å². The van der Waals surface area contributed by atoms with E-state index in [9.17, 15) is 0 Å². The van der Waals surface area contributed by atoms with Gasteiger partial charge in [-0.15, -0.1) is 24.0 Å². The summed E-state index contributed by atoms with van der Waals surface area (Å²) in [6, 6.07) is 13.3. The van der Waals surface area contributed by atoms with Crippen LogP contribution in [0.25, 0.3) is 0 Å². The average molecular weight is 520 g/mol. The third-order valence-corrected chi connectivity index (χ3v) is 4.18. The molecule has 0 bridgehead atoms. The van der Waals surface area contributed by atoms with E-state index in [0.29, 0.717) is 23.9 Å². The molecule has 8 heteroatoms. The molecule has 0 unspecified atom stereocenters. The summed E-state index contributed by atoms with van der Waals surface area (Å²) in [5.41, 5.74) is 1.15. The second-order valence-corrected chi connectivity index (χ2v) is 6.05. The van der Waals surface area contributed by atoms with Crippen LogP contribution in [0, 0.1) is 0 Å². The van der Waals surface area contributed by atoms with Gasteiger partial charge in [-0.05, 0) is 36.2 Å². The first kappa shape index (κ1) is 24.2. The largest absolute Gasteiger partial charge is 0.493 e. The summed E-state index contributed by atoms with van der Waals surface area (Å²) < 4.78 is 16.2. The molecule has 0 aliphatic heterocycles. The molecule has 28 heavy (non-hydrogen) atoms. The quantitative estimate of drug-likeness (QED) is 0.229. The van der Waals surface area contributed by atoms with Gasteiger partial charge in [0.2, 0.25) is 0 Å². The van der Waals surface area contributed by atoms with Crippen molar-refractivity contribution < 1.29 is 14.2 Å². The number of rotatable bonds is 9. The number of hydrogen-bond acceptors (Lipinski definition) is 4. The molecular weight excluding hydrogens is 493 g/mol. The van der Waals surface area contributed by atoms with E-state index in [1.807, 2.05) is 36.4 Å². The number of aliphatic imine (C=N–C) groups is 1. The zero-order chi connectivity index (χ0) is 19.5. The van der Waals surface area contributed by atoms with Crippen LogP contribution in [0.4, 0.5) is 0 Å². The molecule has 0 atom stereocenters. The highest BCUT2D eigenvalue weighted by molar-refractivity contribution is 14.0. The Morgan fingerprint density at radius 2 is 1.68 bits per heavy atom. The van der Waals surface area contributed by atoms with Gasteiger partial charge in [0, 0.05) is 13.6 Å². The van der Waals surface area contributed by atoms with Gasteiger partial charge >= 0.3 is 0 Å². The number of nitrogens with zero attached hydrogens (tertiary/aromatic N) is 1. The first-order valence-electron chi connectivity index (χ1n) is 8.70. The van der Waals surface area contributed by atoms with E-state index < -0.39 is 0 Å². The molecule has 0 spiro atoms. The van der Waals surface area contributed by atoms with Crippen molar-refractivity contribution in [3.05, 3.63) is 53.1 Å². The van der Waals surface area contributed by atoms with Crippen LogP contribution in [0.15, 0.2) is 47.5 Å². The second kappa shape index (κ2) is 13.3. The molecule has 0 radical (unpaired) electrons. The van der Waals surface area contributed by atoms with Crippen LogP contribution < -0.4 is 24.8 Å². The van der Waals surface area contributed by atoms with Gasteiger partial charge in [0.15, 0.2) is 17.5 Å². The highest BCUT2D eigenvalue weighted by Crippen LogP contribution is 2.27. The number of ether oxygens (including phenoxy) is 3. The number of guanidine groups is 1. The van der Waals surface area contributed by atoms with Crippen molar-refractivity contribution in [2.75, 3.05) is 41.0 Å². The zero-order valence-corrected chi connectivity index (χ0v) is 19.4. The molecule has 154 valence electrons. The number of methoxy groups -OCH3 is 2. The van der Waals surface area contributed by atoms with Gasteiger partial charge in [-0.25, -0.2) is 0 Å². The zero-order valence-electron chi connectivity index (χ0n) is 16.3. The summed E-state index contributed by atoms with van der Waals surface area (Å²) in [4.78, 5) is 4.21. The molecule has 2 rings (SSSR count). The van der Waals surface area contributed by atoms with E-state index in [2.05, 4.69) is 15.6 Å². The van der Waals surface area contributed by atoms with Gasteiger partial charge in [0.05, 0.1) is 25.8 Å². The van der Waals surface area contributed by atoms with Crippen molar-refractivity contribution in [2.24, 2.45) is 4.99 Å². The lowest BCUT2D eigenvalue weighted by atomic mass is 10.1. The molecule has 0 aliphatic rings. The predicted molar refractivity (Wildman–Crippen MR) is 125 cm³/mol. The maximum atomic E-state index is 6.06. The molecule has 0 heterocycles. The molecular formula is C20H27ClIN3O3. The Hall–Kier alpha value is -1.87. The fourth-order valence-corrected chi connectivity index (χ4v) is 2.66. The fraction of sp³-hybridized carbons (Fsp3) is 0.350. The summed E-state index contributed by atoms with van der Waals surface area (Å²) in [6.07, 6.45) is 0.831. The van der Waals surface area contributed by atoms with Crippen LogP contribution in [-0.2, 0) is 6.42 Å². The Labute approximate surface area is 188 Å². The normalized spacial score (nSPS) is 10.6. The van der Waals surface area contributed by atoms with Crippen LogP contribution in [0.5, 0.6) is 17.2 Å². The molecule has 0 saturated carbocycles. The average Bonchev–Trinajstić information content (AvgIpc) is 2.70. The molecule has 0 amide bonds. The van der Waals surface area contributed by atoms with E-state index in [-0.39, 0.29) is 24.0 Å². The van der Waals surface area contributed by atoms with Crippen LogP contribution in [0.2, 0.25) is 5.02 Å². The highest BCUT2D eigenvalue weighted by atomic mass is 127. The lowest BCUT2D eigenvalue weighted by Gasteiger charge is -2.13. The number of hydrogen-bond donors (Lipinski definition) is 2. The van der Waals surface area contributed by atoms with Gasteiger partial charge in [0.25, 0.3) is 0 Å². The van der Waals surface area contributed by atoms with E-state index >= 15 is 0 Å². The first-order valence-corrected chi connectivity index (χ1v) is 9.08. The van der Waals surface area contributed by atoms with E-state index in [4.69, 9.17) is 25.8 Å². The van der Waals surface area contributed by atoms with E-state index in [0.717, 1.165) is 36.0 Å². The van der Waals surface area contributed by atoms with Gasteiger partial charge in [-0.3, -0.25) is 4.99 Å². The second-order valence-electron chi connectivity index (χ2n) is 5.64. The molecule has 0 fully saturated rings. The van der Waals surface area contributed by atoms with Crippen molar-refractivity contribution in [2.45, 2.75) is 6.42 Å². The molecule has 2 aromatic rings. The van der Waals surface area contributed by atoms with Crippen molar-refractivity contribution in [3.63, 3.8) is 0 Å². The monoisotopic (exact) mass is 519 g/mol. The number of halogens is 2. The van der Waals surface area contributed by atoms with E-state index in [1.54, 1.807) is 27.3 Å². The minimum Gasteiger partial charge on any atom is -0.493 e. The molecule has 2 aromatic carbocycles. The Kier molecular flexibility index (Phi) is 11.5. The Morgan fingerprint density at radius 1 is 0.964 bits per heavy atom. The number of benzene rings is 2. The summed E-state index contributed by atoms with van der Waals surface area (Å²) in [6.45, 7) is 1.84. The number of para-hydroxylation sites is 1. The van der Waals surface area contributed by atoms with Gasteiger partial charge in [-0.2, -0.15) is 0 Å². The third-order valence-electron chi connectivity index (χ3n) is 3.87. The molecule has 2 N–H and O–H groups in total. The topological polar surface area (TPSA) is 64.1 Å². The summed E-state index contributed by atoms with van der Waals surface area (Å²) in [5, 5.41) is 7.10. The number of nitrogens with one attached hydrogen (secondary N) is 2. The van der Waals surface area contributed by atoms with Gasteiger partial charge < -0.3 is 24.8 Å². The Morgan fingerprint density at radius 3 is 2.36 bits per heavy atom. The molecule has 0 aliphatic carbocycles. The van der Waals surface area contributed by atoms with Crippen molar-refractivity contribution in [1.82, 2.24) is 10.6 Å². The van der Waals surface area contributed by atoms with Crippen LogP contribution in [0.3, 0.4) is 0 Å². The molecule has 0 saturated heterocycles. The van der Waals surface area contributed by atoms with E-state index in [1.165, 1.54) is 0 Å². The lowest BCUT2D eigenvalue weighted by molar-refractivity contribution is 0.322.